The molecule has 0 heterocycles. The van der Waals surface area contributed by atoms with Crippen molar-refractivity contribution in [3.63, 3.8) is 0 Å². The Bertz CT molecular complexity index is 713. The number of amides is 1. The van der Waals surface area contributed by atoms with Gasteiger partial charge in [-0.2, -0.15) is 0 Å². The van der Waals surface area contributed by atoms with Crippen molar-refractivity contribution in [1.82, 2.24) is 0 Å². The molecule has 0 aliphatic rings. The number of para-hydroxylation sites is 2. The van der Waals surface area contributed by atoms with Gasteiger partial charge in [-0.3, -0.25) is 14.9 Å². The van der Waals surface area contributed by atoms with Gasteiger partial charge in [0, 0.05) is 11.8 Å². The van der Waals surface area contributed by atoms with Crippen LogP contribution in [0.15, 0.2) is 42.5 Å². The molecule has 0 saturated heterocycles. The van der Waals surface area contributed by atoms with Crippen molar-refractivity contribution in [3.8, 4) is 5.75 Å². The van der Waals surface area contributed by atoms with Crippen molar-refractivity contribution in [2.75, 3.05) is 11.9 Å². The van der Waals surface area contributed by atoms with Crippen molar-refractivity contribution in [2.45, 2.75) is 13.8 Å². The second kappa shape index (κ2) is 6.71. The third-order valence-corrected chi connectivity index (χ3v) is 3.21. The summed E-state index contributed by atoms with van der Waals surface area (Å²) in [4.78, 5) is 22.2. The number of carbonyl (C=O) groups is 1. The number of carbonyl (C=O) groups excluding carboxylic acids is 1. The number of nitrogens with one attached hydrogen (secondary N) is 1. The van der Waals surface area contributed by atoms with Crippen LogP contribution in [0.1, 0.15) is 11.1 Å². The maximum absolute atomic E-state index is 11.9. The quantitative estimate of drug-likeness (QED) is 0.679. The Hall–Kier alpha value is -2.89. The molecule has 0 saturated carbocycles. The molecule has 0 atom stereocenters. The van der Waals surface area contributed by atoms with Gasteiger partial charge in [0.1, 0.15) is 0 Å². The van der Waals surface area contributed by atoms with Gasteiger partial charge >= 0.3 is 5.69 Å². The summed E-state index contributed by atoms with van der Waals surface area (Å²) in [5.74, 6) is -0.302. The summed E-state index contributed by atoms with van der Waals surface area (Å²) in [6, 6.07) is 11.5. The molecule has 22 heavy (non-hydrogen) atoms. The molecule has 114 valence electrons. The molecule has 0 spiro atoms. The van der Waals surface area contributed by atoms with E-state index in [0.717, 1.165) is 11.1 Å². The van der Waals surface area contributed by atoms with Gasteiger partial charge in [-0.15, -0.1) is 0 Å². The molecule has 0 radical (unpaired) electrons. The van der Waals surface area contributed by atoms with Crippen LogP contribution in [-0.4, -0.2) is 17.4 Å². The molecule has 0 aromatic heterocycles. The van der Waals surface area contributed by atoms with E-state index in [1.807, 2.05) is 26.0 Å². The topological polar surface area (TPSA) is 81.5 Å². The van der Waals surface area contributed by atoms with Crippen LogP contribution >= 0.6 is 0 Å². The predicted molar refractivity (Wildman–Crippen MR) is 83.1 cm³/mol. The minimum atomic E-state index is -0.545. The summed E-state index contributed by atoms with van der Waals surface area (Å²) in [5, 5.41) is 13.5. The van der Waals surface area contributed by atoms with E-state index in [-0.39, 0.29) is 24.0 Å². The summed E-state index contributed by atoms with van der Waals surface area (Å²) < 4.78 is 5.23. The zero-order valence-corrected chi connectivity index (χ0v) is 12.3. The first-order valence-corrected chi connectivity index (χ1v) is 6.70. The Morgan fingerprint density at radius 3 is 2.59 bits per heavy atom. The van der Waals surface area contributed by atoms with Gasteiger partial charge in [-0.05, 0) is 43.2 Å². The number of nitro groups is 1. The molecule has 2 rings (SSSR count). The van der Waals surface area contributed by atoms with Crippen molar-refractivity contribution < 1.29 is 14.5 Å². The number of anilines is 1. The van der Waals surface area contributed by atoms with E-state index in [0.29, 0.717) is 5.69 Å². The highest BCUT2D eigenvalue weighted by molar-refractivity contribution is 5.92. The van der Waals surface area contributed by atoms with Crippen molar-refractivity contribution in [1.29, 1.82) is 0 Å². The number of nitro benzene ring substituents is 1. The van der Waals surface area contributed by atoms with Gasteiger partial charge in [0.2, 0.25) is 0 Å². The van der Waals surface area contributed by atoms with Crippen molar-refractivity contribution in [3.05, 3.63) is 63.7 Å². The van der Waals surface area contributed by atoms with E-state index in [1.54, 1.807) is 18.2 Å². The van der Waals surface area contributed by atoms with E-state index in [9.17, 15) is 14.9 Å². The fourth-order valence-corrected chi connectivity index (χ4v) is 1.89. The summed E-state index contributed by atoms with van der Waals surface area (Å²) in [7, 11) is 0. The minimum Gasteiger partial charge on any atom is -0.477 e. The molecular formula is C16H16N2O4. The monoisotopic (exact) mass is 300 g/mol. The van der Waals surface area contributed by atoms with Crippen LogP contribution in [0.4, 0.5) is 11.4 Å². The zero-order valence-electron chi connectivity index (χ0n) is 12.3. The lowest BCUT2D eigenvalue weighted by Gasteiger charge is -2.09. The van der Waals surface area contributed by atoms with Crippen LogP contribution in [0.2, 0.25) is 0 Å². The Morgan fingerprint density at radius 2 is 1.91 bits per heavy atom. The molecule has 0 unspecified atom stereocenters. The predicted octanol–water partition coefficient (Wildman–Crippen LogP) is 3.23. The number of hydrogen-bond acceptors (Lipinski definition) is 4. The van der Waals surface area contributed by atoms with Crippen molar-refractivity contribution >= 4 is 17.3 Å². The van der Waals surface area contributed by atoms with E-state index in [4.69, 9.17) is 4.74 Å². The highest BCUT2D eigenvalue weighted by Crippen LogP contribution is 2.25. The van der Waals surface area contributed by atoms with Gasteiger partial charge < -0.3 is 10.1 Å². The standard InChI is InChI=1S/C16H16N2O4/c1-11-7-8-13(9-12(11)2)17-16(19)10-22-15-6-4-3-5-14(15)18(20)21/h3-9H,10H2,1-2H3,(H,17,19). The zero-order chi connectivity index (χ0) is 16.1. The molecular weight excluding hydrogens is 284 g/mol. The molecule has 0 fully saturated rings. The number of hydrogen-bond donors (Lipinski definition) is 1. The SMILES string of the molecule is Cc1ccc(NC(=O)COc2ccccc2[N+](=O)[O-])cc1C. The largest absolute Gasteiger partial charge is 0.477 e. The Morgan fingerprint density at radius 1 is 1.18 bits per heavy atom. The lowest BCUT2D eigenvalue weighted by Crippen LogP contribution is -2.20. The Balaban J connectivity index is 1.98. The molecule has 0 bridgehead atoms. The van der Waals surface area contributed by atoms with Crippen LogP contribution < -0.4 is 10.1 Å². The van der Waals surface area contributed by atoms with Crippen LogP contribution in [-0.2, 0) is 4.79 Å². The number of ether oxygens (including phenoxy) is 1. The van der Waals surface area contributed by atoms with Crippen LogP contribution in [0.25, 0.3) is 0 Å². The lowest BCUT2D eigenvalue weighted by molar-refractivity contribution is -0.385. The maximum atomic E-state index is 11.9. The van der Waals surface area contributed by atoms with Gasteiger partial charge in [0.25, 0.3) is 5.91 Å². The van der Waals surface area contributed by atoms with Gasteiger partial charge in [0.15, 0.2) is 12.4 Å². The average Bonchev–Trinajstić information content (AvgIpc) is 2.49. The molecule has 0 aliphatic carbocycles. The normalized spacial score (nSPS) is 10.1. The molecule has 2 aromatic carbocycles. The van der Waals surface area contributed by atoms with E-state index >= 15 is 0 Å². The number of rotatable bonds is 5. The smallest absolute Gasteiger partial charge is 0.310 e. The van der Waals surface area contributed by atoms with Gasteiger partial charge in [-0.1, -0.05) is 18.2 Å². The second-order valence-corrected chi connectivity index (χ2v) is 4.86. The summed E-state index contributed by atoms with van der Waals surface area (Å²) in [6.45, 7) is 3.64. The van der Waals surface area contributed by atoms with Crippen LogP contribution in [0.5, 0.6) is 5.75 Å². The Kier molecular flexibility index (Phi) is 4.73. The van der Waals surface area contributed by atoms with E-state index < -0.39 is 4.92 Å². The molecule has 1 amide bonds. The average molecular weight is 300 g/mol. The highest BCUT2D eigenvalue weighted by atomic mass is 16.6. The summed E-state index contributed by atoms with van der Waals surface area (Å²) in [6.07, 6.45) is 0. The molecule has 1 N–H and O–H groups in total. The molecule has 0 aliphatic heterocycles. The van der Waals surface area contributed by atoms with Gasteiger partial charge in [-0.25, -0.2) is 0 Å². The number of nitrogens with zero attached hydrogens (tertiary/aromatic N) is 1. The lowest BCUT2D eigenvalue weighted by atomic mass is 10.1. The number of aryl methyl sites for hydroxylation is 2. The summed E-state index contributed by atoms with van der Waals surface area (Å²) in [5.41, 5.74) is 2.70. The molecule has 6 heteroatoms. The first-order valence-electron chi connectivity index (χ1n) is 6.70. The van der Waals surface area contributed by atoms with Crippen LogP contribution in [0.3, 0.4) is 0 Å². The number of benzene rings is 2. The second-order valence-electron chi connectivity index (χ2n) is 4.86. The fraction of sp³-hybridized carbons (Fsp3) is 0.188. The molecule has 2 aromatic rings. The minimum absolute atomic E-state index is 0.0720. The first-order chi connectivity index (χ1) is 10.5. The van der Waals surface area contributed by atoms with E-state index in [1.165, 1.54) is 12.1 Å². The molecule has 6 nitrogen and oxygen atoms in total. The van der Waals surface area contributed by atoms with Crippen molar-refractivity contribution in [2.24, 2.45) is 0 Å². The maximum Gasteiger partial charge on any atom is 0.310 e. The third kappa shape index (κ3) is 3.82. The van der Waals surface area contributed by atoms with Crippen LogP contribution in [0, 0.1) is 24.0 Å². The van der Waals surface area contributed by atoms with E-state index in [2.05, 4.69) is 5.32 Å². The summed E-state index contributed by atoms with van der Waals surface area (Å²) >= 11 is 0. The third-order valence-electron chi connectivity index (χ3n) is 3.21. The van der Waals surface area contributed by atoms with Gasteiger partial charge in [0.05, 0.1) is 4.92 Å². The fourth-order valence-electron chi connectivity index (χ4n) is 1.89. The highest BCUT2D eigenvalue weighted by Gasteiger charge is 2.14. The Labute approximate surface area is 127 Å². The first kappa shape index (κ1) is 15.5.